The molecule has 0 aliphatic rings. The topological polar surface area (TPSA) is 88.6 Å². The molecule has 140 valence electrons. The van der Waals surface area contributed by atoms with Crippen LogP contribution in [0.15, 0.2) is 48.7 Å². The normalized spacial score (nSPS) is 11.6. The molecule has 0 aliphatic heterocycles. The molecule has 1 aromatic heterocycles. The van der Waals surface area contributed by atoms with Crippen molar-refractivity contribution < 1.29 is 17.9 Å². The zero-order valence-electron chi connectivity index (χ0n) is 15.0. The van der Waals surface area contributed by atoms with Crippen LogP contribution in [0.3, 0.4) is 0 Å². The van der Waals surface area contributed by atoms with E-state index in [-0.39, 0.29) is 19.2 Å². The lowest BCUT2D eigenvalue weighted by Crippen LogP contribution is -2.37. The molecule has 0 fully saturated rings. The van der Waals surface area contributed by atoms with Gasteiger partial charge >= 0.3 is 0 Å². The van der Waals surface area contributed by atoms with E-state index in [1.165, 1.54) is 0 Å². The van der Waals surface area contributed by atoms with Crippen LogP contribution >= 0.6 is 0 Å². The van der Waals surface area contributed by atoms with Crippen LogP contribution in [-0.4, -0.2) is 42.5 Å². The zero-order chi connectivity index (χ0) is 19.2. The van der Waals surface area contributed by atoms with E-state index < -0.39 is 15.9 Å². The number of amides is 1. The molecule has 0 unspecified atom stereocenters. The summed E-state index contributed by atoms with van der Waals surface area (Å²) < 4.78 is 30.8. The van der Waals surface area contributed by atoms with Gasteiger partial charge in [0.15, 0.2) is 0 Å². The summed E-state index contributed by atoms with van der Waals surface area (Å²) in [5, 5.41) is 2.71. The van der Waals surface area contributed by atoms with Gasteiger partial charge < -0.3 is 10.1 Å². The molecule has 0 bridgehead atoms. The Labute approximate surface area is 154 Å². The van der Waals surface area contributed by atoms with Crippen molar-refractivity contribution in [1.82, 2.24) is 9.29 Å². The Morgan fingerprint density at radius 1 is 1.19 bits per heavy atom. The van der Waals surface area contributed by atoms with E-state index in [2.05, 4.69) is 10.3 Å². The predicted octanol–water partition coefficient (Wildman–Crippen LogP) is 2.27. The van der Waals surface area contributed by atoms with Crippen LogP contribution in [0.25, 0.3) is 0 Å². The molecule has 2 aromatic rings. The van der Waals surface area contributed by atoms with Gasteiger partial charge in [0.05, 0.1) is 36.8 Å². The number of carbonyl (C=O) groups excluding carboxylic acids is 1. The zero-order valence-corrected chi connectivity index (χ0v) is 15.9. The van der Waals surface area contributed by atoms with Crippen molar-refractivity contribution in [2.45, 2.75) is 26.5 Å². The number of aromatic nitrogens is 1. The minimum atomic E-state index is -3.58. The fourth-order valence-electron chi connectivity index (χ4n) is 2.24. The standard InChI is InChI=1S/C18H23N3O4S/c1-14(2)25-17-10-5-4-9-16(17)20-18(22)13-21(26(3,23)24)12-15-8-6-7-11-19-15/h4-11,14H,12-13H2,1-3H3,(H,20,22). The third kappa shape index (κ3) is 6.12. The Bertz CT molecular complexity index is 839. The molecular weight excluding hydrogens is 354 g/mol. The highest BCUT2D eigenvalue weighted by Gasteiger charge is 2.21. The first kappa shape index (κ1) is 19.9. The van der Waals surface area contributed by atoms with Crippen LogP contribution in [0.2, 0.25) is 0 Å². The van der Waals surface area contributed by atoms with Crippen LogP contribution in [0.5, 0.6) is 5.75 Å². The van der Waals surface area contributed by atoms with Gasteiger partial charge in [0.1, 0.15) is 5.75 Å². The van der Waals surface area contributed by atoms with E-state index in [0.717, 1.165) is 10.6 Å². The number of nitrogens with one attached hydrogen (secondary N) is 1. The summed E-state index contributed by atoms with van der Waals surface area (Å²) in [7, 11) is -3.58. The van der Waals surface area contributed by atoms with Crippen molar-refractivity contribution in [1.29, 1.82) is 0 Å². The van der Waals surface area contributed by atoms with Gasteiger partial charge in [-0.15, -0.1) is 0 Å². The van der Waals surface area contributed by atoms with Crippen LogP contribution in [-0.2, 0) is 21.4 Å². The Morgan fingerprint density at radius 2 is 1.88 bits per heavy atom. The summed E-state index contributed by atoms with van der Waals surface area (Å²) in [6, 6.07) is 12.2. The maximum Gasteiger partial charge on any atom is 0.239 e. The quantitative estimate of drug-likeness (QED) is 0.762. The van der Waals surface area contributed by atoms with E-state index in [1.54, 1.807) is 48.7 Å². The Hall–Kier alpha value is -2.45. The summed E-state index contributed by atoms with van der Waals surface area (Å²) >= 11 is 0. The molecule has 1 heterocycles. The van der Waals surface area contributed by atoms with Crippen LogP contribution in [0.1, 0.15) is 19.5 Å². The maximum absolute atomic E-state index is 12.4. The van der Waals surface area contributed by atoms with E-state index in [9.17, 15) is 13.2 Å². The van der Waals surface area contributed by atoms with Crippen molar-refractivity contribution in [2.75, 3.05) is 18.1 Å². The van der Waals surface area contributed by atoms with Crippen molar-refractivity contribution in [2.24, 2.45) is 0 Å². The molecule has 1 N–H and O–H groups in total. The number of rotatable bonds is 8. The molecule has 1 amide bonds. The number of pyridine rings is 1. The largest absolute Gasteiger partial charge is 0.489 e. The lowest BCUT2D eigenvalue weighted by molar-refractivity contribution is -0.116. The molecule has 8 heteroatoms. The van der Waals surface area contributed by atoms with Crippen molar-refractivity contribution in [3.63, 3.8) is 0 Å². The van der Waals surface area contributed by atoms with Crippen molar-refractivity contribution >= 4 is 21.6 Å². The molecule has 0 spiro atoms. The number of sulfonamides is 1. The second-order valence-electron chi connectivity index (χ2n) is 6.06. The van der Waals surface area contributed by atoms with Gasteiger partial charge in [-0.2, -0.15) is 4.31 Å². The van der Waals surface area contributed by atoms with Gasteiger partial charge in [-0.05, 0) is 38.1 Å². The number of carbonyl (C=O) groups is 1. The average molecular weight is 377 g/mol. The lowest BCUT2D eigenvalue weighted by Gasteiger charge is -2.20. The van der Waals surface area contributed by atoms with Gasteiger partial charge in [0.2, 0.25) is 15.9 Å². The van der Waals surface area contributed by atoms with E-state index in [4.69, 9.17) is 4.74 Å². The van der Waals surface area contributed by atoms with Gasteiger partial charge in [-0.25, -0.2) is 8.42 Å². The Kier molecular flexibility index (Phi) is 6.70. The molecule has 2 rings (SSSR count). The van der Waals surface area contributed by atoms with E-state index in [0.29, 0.717) is 17.1 Å². The van der Waals surface area contributed by atoms with Gasteiger partial charge in [-0.1, -0.05) is 18.2 Å². The Morgan fingerprint density at radius 3 is 2.50 bits per heavy atom. The summed E-state index contributed by atoms with van der Waals surface area (Å²) in [6.07, 6.45) is 2.60. The second kappa shape index (κ2) is 8.77. The fourth-order valence-corrected chi connectivity index (χ4v) is 2.96. The highest BCUT2D eigenvalue weighted by Crippen LogP contribution is 2.24. The first-order valence-corrected chi connectivity index (χ1v) is 10.0. The third-order valence-corrected chi connectivity index (χ3v) is 4.57. The predicted molar refractivity (Wildman–Crippen MR) is 100 cm³/mol. The number of anilines is 1. The summed E-state index contributed by atoms with van der Waals surface area (Å²) in [6.45, 7) is 3.48. The molecule has 7 nitrogen and oxygen atoms in total. The van der Waals surface area contributed by atoms with Crippen molar-refractivity contribution in [3.05, 3.63) is 54.4 Å². The van der Waals surface area contributed by atoms with E-state index in [1.807, 2.05) is 13.8 Å². The van der Waals surface area contributed by atoms with Crippen LogP contribution in [0, 0.1) is 0 Å². The number of benzene rings is 1. The SMILES string of the molecule is CC(C)Oc1ccccc1NC(=O)CN(Cc1ccccn1)S(C)(=O)=O. The summed E-state index contributed by atoms with van der Waals surface area (Å²) in [4.78, 5) is 16.5. The van der Waals surface area contributed by atoms with E-state index >= 15 is 0 Å². The number of ether oxygens (including phenoxy) is 1. The third-order valence-electron chi connectivity index (χ3n) is 3.38. The van der Waals surface area contributed by atoms with Gasteiger partial charge in [0.25, 0.3) is 0 Å². The molecule has 0 aliphatic carbocycles. The average Bonchev–Trinajstić information content (AvgIpc) is 2.56. The monoisotopic (exact) mass is 377 g/mol. The first-order valence-electron chi connectivity index (χ1n) is 8.16. The Balaban J connectivity index is 2.11. The number of hydrogen-bond acceptors (Lipinski definition) is 5. The minimum Gasteiger partial charge on any atom is -0.489 e. The smallest absolute Gasteiger partial charge is 0.239 e. The lowest BCUT2D eigenvalue weighted by atomic mass is 10.3. The van der Waals surface area contributed by atoms with Gasteiger partial charge in [-0.3, -0.25) is 9.78 Å². The van der Waals surface area contributed by atoms with Crippen LogP contribution < -0.4 is 10.1 Å². The van der Waals surface area contributed by atoms with Crippen molar-refractivity contribution in [3.8, 4) is 5.75 Å². The molecule has 26 heavy (non-hydrogen) atoms. The molecule has 0 saturated heterocycles. The summed E-state index contributed by atoms with van der Waals surface area (Å²) in [5.41, 5.74) is 1.06. The highest BCUT2D eigenvalue weighted by atomic mass is 32.2. The molecule has 0 saturated carbocycles. The molecule has 1 aromatic carbocycles. The number of hydrogen-bond donors (Lipinski definition) is 1. The highest BCUT2D eigenvalue weighted by molar-refractivity contribution is 7.88. The molecular formula is C18H23N3O4S. The molecule has 0 atom stereocenters. The van der Waals surface area contributed by atoms with Crippen LogP contribution in [0.4, 0.5) is 5.69 Å². The number of nitrogens with zero attached hydrogens (tertiary/aromatic N) is 2. The minimum absolute atomic E-state index is 0.0250. The second-order valence-corrected chi connectivity index (χ2v) is 8.05. The number of para-hydroxylation sites is 2. The first-order chi connectivity index (χ1) is 12.3. The maximum atomic E-state index is 12.4. The summed E-state index contributed by atoms with van der Waals surface area (Å²) in [5.74, 6) is 0.0812. The molecule has 0 radical (unpaired) electrons. The fraction of sp³-hybridized carbons (Fsp3) is 0.333. The van der Waals surface area contributed by atoms with Gasteiger partial charge in [0, 0.05) is 6.20 Å².